The van der Waals surface area contributed by atoms with Gasteiger partial charge < -0.3 is 19.3 Å². The number of para-hydroxylation sites is 1. The highest BCUT2D eigenvalue weighted by Crippen LogP contribution is 2.33. The number of aromatic nitrogens is 2. The van der Waals surface area contributed by atoms with E-state index in [1.165, 1.54) is 5.56 Å². The highest BCUT2D eigenvalue weighted by atomic mass is 16.5. The molecule has 0 atom stereocenters. The highest BCUT2D eigenvalue weighted by Gasteiger charge is 2.28. The van der Waals surface area contributed by atoms with Gasteiger partial charge in [0.25, 0.3) is 5.91 Å². The first-order valence-electron chi connectivity index (χ1n) is 11.5. The van der Waals surface area contributed by atoms with E-state index in [9.17, 15) is 9.59 Å². The largest absolute Gasteiger partial charge is 0.493 e. The van der Waals surface area contributed by atoms with Gasteiger partial charge in [0.15, 0.2) is 17.2 Å². The second-order valence-corrected chi connectivity index (χ2v) is 8.73. The molecule has 2 aromatic carbocycles. The van der Waals surface area contributed by atoms with Crippen LogP contribution in [0.5, 0.6) is 11.5 Å². The minimum absolute atomic E-state index is 0.0690. The molecule has 9 heteroatoms. The summed E-state index contributed by atoms with van der Waals surface area (Å²) in [6, 6.07) is 11.6. The van der Waals surface area contributed by atoms with Gasteiger partial charge in [0.2, 0.25) is 5.91 Å². The first-order valence-corrected chi connectivity index (χ1v) is 11.5. The molecule has 0 unspecified atom stereocenters. The molecule has 2 aliphatic rings. The second kappa shape index (κ2) is 9.34. The fraction of sp³-hybridized carbons (Fsp3) is 0.400. The number of hydrogen-bond donors (Lipinski definition) is 1. The van der Waals surface area contributed by atoms with Crippen molar-refractivity contribution in [2.24, 2.45) is 0 Å². The number of H-pyrrole nitrogens is 1. The SMILES string of the molecule is COc1cc2c(cc1OC)CN(C(=O)CN1CCN(C(=O)c3n[nH]c4ccccc34)CC1)CC2. The van der Waals surface area contributed by atoms with Gasteiger partial charge in [-0.1, -0.05) is 18.2 Å². The van der Waals surface area contributed by atoms with Crippen molar-refractivity contribution in [3.8, 4) is 11.5 Å². The number of rotatable bonds is 5. The number of carbonyl (C=O) groups is 2. The normalized spacial score (nSPS) is 16.4. The van der Waals surface area contributed by atoms with Crippen molar-refractivity contribution in [2.75, 3.05) is 53.5 Å². The number of piperazine rings is 1. The maximum Gasteiger partial charge on any atom is 0.275 e. The fourth-order valence-electron chi connectivity index (χ4n) is 4.77. The zero-order valence-electron chi connectivity index (χ0n) is 19.5. The summed E-state index contributed by atoms with van der Waals surface area (Å²) in [5.74, 6) is 1.44. The molecule has 5 rings (SSSR count). The molecular formula is C25H29N5O4. The van der Waals surface area contributed by atoms with E-state index in [1.54, 1.807) is 14.2 Å². The zero-order valence-corrected chi connectivity index (χ0v) is 19.5. The number of benzene rings is 2. The summed E-state index contributed by atoms with van der Waals surface area (Å²) in [6.07, 6.45) is 0.793. The topological polar surface area (TPSA) is 91.0 Å². The number of methoxy groups -OCH3 is 2. The summed E-state index contributed by atoms with van der Waals surface area (Å²) in [4.78, 5) is 31.9. The van der Waals surface area contributed by atoms with E-state index in [4.69, 9.17) is 9.47 Å². The summed E-state index contributed by atoms with van der Waals surface area (Å²) in [5, 5.41) is 8.00. The average molecular weight is 464 g/mol. The lowest BCUT2D eigenvalue weighted by Crippen LogP contribution is -2.52. The minimum Gasteiger partial charge on any atom is -0.493 e. The summed E-state index contributed by atoms with van der Waals surface area (Å²) in [5.41, 5.74) is 3.60. The molecule has 1 saturated heterocycles. The first-order chi connectivity index (χ1) is 16.6. The molecule has 1 N–H and O–H groups in total. The van der Waals surface area contributed by atoms with Crippen molar-refractivity contribution in [3.63, 3.8) is 0 Å². The molecular weight excluding hydrogens is 434 g/mol. The Balaban J connectivity index is 1.17. The van der Waals surface area contributed by atoms with Crippen LogP contribution in [0.25, 0.3) is 10.9 Å². The number of nitrogens with zero attached hydrogens (tertiary/aromatic N) is 4. The van der Waals surface area contributed by atoms with Crippen molar-refractivity contribution in [1.29, 1.82) is 0 Å². The Morgan fingerprint density at radius 2 is 1.65 bits per heavy atom. The molecule has 0 radical (unpaired) electrons. The van der Waals surface area contributed by atoms with Gasteiger partial charge in [-0.3, -0.25) is 19.6 Å². The third kappa shape index (κ3) is 4.19. The summed E-state index contributed by atoms with van der Waals surface area (Å²) < 4.78 is 10.8. The van der Waals surface area contributed by atoms with Crippen LogP contribution in [-0.4, -0.2) is 90.2 Å². The van der Waals surface area contributed by atoms with Crippen molar-refractivity contribution >= 4 is 22.7 Å². The van der Waals surface area contributed by atoms with Crippen LogP contribution >= 0.6 is 0 Å². The van der Waals surface area contributed by atoms with E-state index >= 15 is 0 Å². The smallest absolute Gasteiger partial charge is 0.275 e. The van der Waals surface area contributed by atoms with Gasteiger partial charge in [-0.05, 0) is 35.7 Å². The van der Waals surface area contributed by atoms with E-state index in [0.717, 1.165) is 28.6 Å². The standard InChI is InChI=1S/C25H29N5O4/c1-33-21-13-17-7-8-30(15-18(17)14-22(21)34-2)23(31)16-28-9-11-29(12-10-28)25(32)24-19-5-3-4-6-20(19)26-27-24/h3-6,13-14H,7-12,15-16H2,1-2H3,(H,26,27). The number of ether oxygens (including phenoxy) is 2. The van der Waals surface area contributed by atoms with E-state index in [2.05, 4.69) is 15.1 Å². The maximum absolute atomic E-state index is 13.0. The van der Waals surface area contributed by atoms with Gasteiger partial charge in [0.1, 0.15) is 0 Å². The number of carbonyl (C=O) groups excluding carboxylic acids is 2. The molecule has 0 aliphatic carbocycles. The molecule has 2 amide bonds. The first kappa shape index (κ1) is 22.2. The van der Waals surface area contributed by atoms with E-state index in [0.29, 0.717) is 57.3 Å². The zero-order chi connectivity index (χ0) is 23.7. The van der Waals surface area contributed by atoms with Gasteiger partial charge in [-0.15, -0.1) is 0 Å². The molecule has 0 spiro atoms. The average Bonchev–Trinajstić information content (AvgIpc) is 3.31. The Labute approximate surface area is 198 Å². The van der Waals surface area contributed by atoms with Crippen molar-refractivity contribution < 1.29 is 19.1 Å². The van der Waals surface area contributed by atoms with Crippen molar-refractivity contribution in [1.82, 2.24) is 24.9 Å². The number of aromatic amines is 1. The monoisotopic (exact) mass is 463 g/mol. The van der Waals surface area contributed by atoms with Crippen LogP contribution in [0.1, 0.15) is 21.6 Å². The lowest BCUT2D eigenvalue weighted by atomic mass is 9.98. The van der Waals surface area contributed by atoms with Gasteiger partial charge in [-0.2, -0.15) is 5.10 Å². The van der Waals surface area contributed by atoms with Gasteiger partial charge in [-0.25, -0.2) is 0 Å². The van der Waals surface area contributed by atoms with Crippen LogP contribution in [0.4, 0.5) is 0 Å². The summed E-state index contributed by atoms with van der Waals surface area (Å²) in [7, 11) is 3.25. The fourth-order valence-corrected chi connectivity index (χ4v) is 4.77. The van der Waals surface area contributed by atoms with Crippen LogP contribution in [0, 0.1) is 0 Å². The van der Waals surface area contributed by atoms with E-state index in [-0.39, 0.29) is 11.8 Å². The molecule has 2 aliphatic heterocycles. The lowest BCUT2D eigenvalue weighted by Gasteiger charge is -2.36. The van der Waals surface area contributed by atoms with Crippen LogP contribution < -0.4 is 9.47 Å². The Kier molecular flexibility index (Phi) is 6.10. The molecule has 3 aromatic rings. The predicted molar refractivity (Wildman–Crippen MR) is 127 cm³/mol. The molecule has 1 aromatic heterocycles. The molecule has 0 saturated carbocycles. The Morgan fingerprint density at radius 3 is 2.38 bits per heavy atom. The second-order valence-electron chi connectivity index (χ2n) is 8.73. The highest BCUT2D eigenvalue weighted by molar-refractivity contribution is 6.04. The van der Waals surface area contributed by atoms with Crippen LogP contribution in [-0.2, 0) is 17.8 Å². The van der Waals surface area contributed by atoms with Crippen LogP contribution in [0.3, 0.4) is 0 Å². The van der Waals surface area contributed by atoms with E-state index in [1.807, 2.05) is 46.2 Å². The Hall–Kier alpha value is -3.59. The van der Waals surface area contributed by atoms with Crippen molar-refractivity contribution in [2.45, 2.75) is 13.0 Å². The Morgan fingerprint density at radius 1 is 0.941 bits per heavy atom. The molecule has 34 heavy (non-hydrogen) atoms. The number of hydrogen-bond acceptors (Lipinski definition) is 6. The van der Waals surface area contributed by atoms with E-state index < -0.39 is 0 Å². The molecule has 9 nitrogen and oxygen atoms in total. The lowest BCUT2D eigenvalue weighted by molar-refractivity contribution is -0.133. The number of amides is 2. The van der Waals surface area contributed by atoms with Gasteiger partial charge >= 0.3 is 0 Å². The molecule has 1 fully saturated rings. The quantitative estimate of drug-likeness (QED) is 0.622. The minimum atomic E-state index is -0.0690. The number of nitrogens with one attached hydrogen (secondary N) is 1. The maximum atomic E-state index is 13.0. The summed E-state index contributed by atoms with van der Waals surface area (Å²) >= 11 is 0. The third-order valence-corrected chi connectivity index (χ3v) is 6.76. The number of fused-ring (bicyclic) bond motifs is 2. The van der Waals surface area contributed by atoms with Gasteiger partial charge in [0, 0.05) is 44.7 Å². The molecule has 3 heterocycles. The predicted octanol–water partition coefficient (Wildman–Crippen LogP) is 1.92. The third-order valence-electron chi connectivity index (χ3n) is 6.76. The molecule has 0 bridgehead atoms. The van der Waals surface area contributed by atoms with Gasteiger partial charge in [0.05, 0.1) is 26.3 Å². The summed E-state index contributed by atoms with van der Waals surface area (Å²) in [6.45, 7) is 4.09. The Bertz CT molecular complexity index is 1220. The van der Waals surface area contributed by atoms with Crippen LogP contribution in [0.2, 0.25) is 0 Å². The van der Waals surface area contributed by atoms with Crippen molar-refractivity contribution in [3.05, 3.63) is 53.2 Å². The van der Waals surface area contributed by atoms with Crippen LogP contribution in [0.15, 0.2) is 36.4 Å². The molecule has 178 valence electrons.